The van der Waals surface area contributed by atoms with Gasteiger partial charge in [-0.1, -0.05) is 30.3 Å². The van der Waals surface area contributed by atoms with Crippen molar-refractivity contribution in [3.05, 3.63) is 53.3 Å². The van der Waals surface area contributed by atoms with Gasteiger partial charge in [0.05, 0.1) is 11.8 Å². The first-order valence-electron chi connectivity index (χ1n) is 7.15. The summed E-state index contributed by atoms with van der Waals surface area (Å²) in [6.45, 7) is 3.88. The molecule has 0 aliphatic heterocycles. The van der Waals surface area contributed by atoms with Crippen molar-refractivity contribution in [1.82, 2.24) is 14.7 Å². The lowest BCUT2D eigenvalue weighted by atomic mass is 10.2. The largest absolute Gasteiger partial charge is 0.337 e. The molecule has 0 aliphatic rings. The average Bonchev–Trinajstić information content (AvgIpc) is 2.86. The minimum Gasteiger partial charge on any atom is -0.337 e. The van der Waals surface area contributed by atoms with Crippen molar-refractivity contribution >= 4 is 5.91 Å². The van der Waals surface area contributed by atoms with Gasteiger partial charge in [0.2, 0.25) is 0 Å². The second kappa shape index (κ2) is 7.04. The Balaban J connectivity index is 2.07. The van der Waals surface area contributed by atoms with Gasteiger partial charge in [0.25, 0.3) is 5.91 Å². The van der Waals surface area contributed by atoms with Crippen LogP contribution in [0, 0.1) is 6.92 Å². The van der Waals surface area contributed by atoms with E-state index in [1.54, 1.807) is 11.1 Å². The van der Waals surface area contributed by atoms with Crippen molar-refractivity contribution in [3.8, 4) is 0 Å². The molecule has 1 aromatic heterocycles. The molecule has 2 N–H and O–H groups in total. The summed E-state index contributed by atoms with van der Waals surface area (Å²) in [5, 5.41) is 4.28. The molecule has 0 spiro atoms. The molecule has 21 heavy (non-hydrogen) atoms. The third-order valence-electron chi connectivity index (χ3n) is 3.52. The summed E-state index contributed by atoms with van der Waals surface area (Å²) in [4.78, 5) is 14.2. The Labute approximate surface area is 125 Å². The molecule has 5 heteroatoms. The Bertz CT molecular complexity index is 592. The molecule has 0 saturated heterocycles. The monoisotopic (exact) mass is 286 g/mol. The molecule has 2 aromatic rings. The number of amides is 1. The van der Waals surface area contributed by atoms with Gasteiger partial charge in [-0.15, -0.1) is 0 Å². The summed E-state index contributed by atoms with van der Waals surface area (Å²) < 4.78 is 1.84. The molecule has 0 saturated carbocycles. The van der Waals surface area contributed by atoms with Gasteiger partial charge in [-0.2, -0.15) is 5.10 Å². The van der Waals surface area contributed by atoms with Crippen LogP contribution in [0.1, 0.15) is 28.0 Å². The molecule has 0 fully saturated rings. The second-order valence-corrected chi connectivity index (χ2v) is 5.16. The van der Waals surface area contributed by atoms with Crippen molar-refractivity contribution in [2.24, 2.45) is 5.73 Å². The van der Waals surface area contributed by atoms with Crippen molar-refractivity contribution in [2.75, 3.05) is 13.6 Å². The van der Waals surface area contributed by atoms with Crippen LogP contribution in [0.2, 0.25) is 0 Å². The topological polar surface area (TPSA) is 64.2 Å². The number of nitrogens with zero attached hydrogens (tertiary/aromatic N) is 3. The van der Waals surface area contributed by atoms with Gasteiger partial charge in [-0.05, 0) is 25.5 Å². The summed E-state index contributed by atoms with van der Waals surface area (Å²) in [5.74, 6) is -0.00430. The number of aromatic nitrogens is 2. The van der Waals surface area contributed by atoms with Crippen molar-refractivity contribution in [2.45, 2.75) is 26.4 Å². The highest BCUT2D eigenvalue weighted by Crippen LogP contribution is 2.12. The number of aryl methyl sites for hydroxylation is 1. The fraction of sp³-hybridized carbons (Fsp3) is 0.375. The number of hydrogen-bond acceptors (Lipinski definition) is 3. The predicted octanol–water partition coefficient (Wildman–Crippen LogP) is 1.81. The number of carbonyl (C=O) groups is 1. The Hall–Kier alpha value is -2.14. The molecule has 5 nitrogen and oxygen atoms in total. The molecule has 0 unspecified atom stereocenters. The summed E-state index contributed by atoms with van der Waals surface area (Å²) in [5.41, 5.74) is 8.18. The van der Waals surface area contributed by atoms with Crippen molar-refractivity contribution in [1.29, 1.82) is 0 Å². The summed E-state index contributed by atoms with van der Waals surface area (Å²) >= 11 is 0. The van der Waals surface area contributed by atoms with E-state index >= 15 is 0 Å². The van der Waals surface area contributed by atoms with Crippen LogP contribution < -0.4 is 5.73 Å². The molecule has 0 bridgehead atoms. The normalized spacial score (nSPS) is 10.6. The molecule has 1 amide bonds. The zero-order chi connectivity index (χ0) is 15.2. The van der Waals surface area contributed by atoms with Crippen LogP contribution in [-0.2, 0) is 13.1 Å². The SMILES string of the molecule is Cc1c(C(=O)N(C)Cc2ccccc2)cnn1CCCN. The van der Waals surface area contributed by atoms with Crippen LogP contribution in [0.15, 0.2) is 36.5 Å². The highest BCUT2D eigenvalue weighted by Gasteiger charge is 2.17. The molecule has 0 aliphatic carbocycles. The van der Waals surface area contributed by atoms with Crippen molar-refractivity contribution in [3.63, 3.8) is 0 Å². The van der Waals surface area contributed by atoms with Crippen LogP contribution in [0.5, 0.6) is 0 Å². The predicted molar refractivity (Wildman–Crippen MR) is 82.9 cm³/mol. The fourth-order valence-electron chi connectivity index (χ4n) is 2.26. The van der Waals surface area contributed by atoms with E-state index in [-0.39, 0.29) is 5.91 Å². The Morgan fingerprint density at radius 1 is 1.33 bits per heavy atom. The number of rotatable bonds is 6. The van der Waals surface area contributed by atoms with E-state index in [4.69, 9.17) is 5.73 Å². The average molecular weight is 286 g/mol. The quantitative estimate of drug-likeness (QED) is 0.881. The summed E-state index contributed by atoms with van der Waals surface area (Å²) in [7, 11) is 1.81. The zero-order valence-electron chi connectivity index (χ0n) is 12.6. The van der Waals surface area contributed by atoms with Gasteiger partial charge in [0.1, 0.15) is 0 Å². The smallest absolute Gasteiger partial charge is 0.257 e. The van der Waals surface area contributed by atoms with E-state index in [0.29, 0.717) is 18.7 Å². The van der Waals surface area contributed by atoms with Gasteiger partial charge in [-0.3, -0.25) is 9.48 Å². The lowest BCUT2D eigenvalue weighted by Gasteiger charge is -2.17. The van der Waals surface area contributed by atoms with Gasteiger partial charge in [0, 0.05) is 25.8 Å². The molecular weight excluding hydrogens is 264 g/mol. The number of nitrogens with two attached hydrogens (primary N) is 1. The Kier molecular flexibility index (Phi) is 5.11. The maximum absolute atomic E-state index is 12.5. The first kappa shape index (κ1) is 15.3. The van der Waals surface area contributed by atoms with E-state index < -0.39 is 0 Å². The van der Waals surface area contributed by atoms with E-state index in [9.17, 15) is 4.79 Å². The van der Waals surface area contributed by atoms with Crippen LogP contribution in [0.4, 0.5) is 0 Å². The minimum absolute atomic E-state index is 0.00430. The molecule has 2 rings (SSSR count). The number of benzene rings is 1. The van der Waals surface area contributed by atoms with Gasteiger partial charge in [0.15, 0.2) is 0 Å². The lowest BCUT2D eigenvalue weighted by Crippen LogP contribution is -2.26. The number of hydrogen-bond donors (Lipinski definition) is 1. The molecule has 1 aromatic carbocycles. The summed E-state index contributed by atoms with van der Waals surface area (Å²) in [6, 6.07) is 9.95. The molecule has 1 heterocycles. The minimum atomic E-state index is -0.00430. The Morgan fingerprint density at radius 2 is 2.05 bits per heavy atom. The number of carbonyl (C=O) groups excluding carboxylic acids is 1. The highest BCUT2D eigenvalue weighted by molar-refractivity contribution is 5.94. The fourth-order valence-corrected chi connectivity index (χ4v) is 2.26. The second-order valence-electron chi connectivity index (χ2n) is 5.16. The first-order valence-corrected chi connectivity index (χ1v) is 7.15. The third kappa shape index (κ3) is 3.70. The first-order chi connectivity index (χ1) is 10.1. The van der Waals surface area contributed by atoms with Gasteiger partial charge < -0.3 is 10.6 Å². The van der Waals surface area contributed by atoms with Crippen LogP contribution >= 0.6 is 0 Å². The van der Waals surface area contributed by atoms with Crippen LogP contribution in [-0.4, -0.2) is 34.2 Å². The lowest BCUT2D eigenvalue weighted by molar-refractivity contribution is 0.0784. The maximum atomic E-state index is 12.5. The van der Waals surface area contributed by atoms with E-state index in [2.05, 4.69) is 5.10 Å². The Morgan fingerprint density at radius 3 is 2.71 bits per heavy atom. The maximum Gasteiger partial charge on any atom is 0.257 e. The van der Waals surface area contributed by atoms with Crippen LogP contribution in [0.3, 0.4) is 0 Å². The molecule has 112 valence electrons. The van der Waals surface area contributed by atoms with E-state index in [0.717, 1.165) is 24.2 Å². The van der Waals surface area contributed by atoms with Crippen molar-refractivity contribution < 1.29 is 4.79 Å². The van der Waals surface area contributed by atoms with Gasteiger partial charge in [-0.25, -0.2) is 0 Å². The third-order valence-corrected chi connectivity index (χ3v) is 3.52. The standard InChI is InChI=1S/C16H22N4O/c1-13-15(11-18-20(13)10-6-9-17)16(21)19(2)12-14-7-4-3-5-8-14/h3-5,7-8,11H,6,9-10,12,17H2,1-2H3. The zero-order valence-corrected chi connectivity index (χ0v) is 12.6. The van der Waals surface area contributed by atoms with Crippen LogP contribution in [0.25, 0.3) is 0 Å². The molecule has 0 atom stereocenters. The summed E-state index contributed by atoms with van der Waals surface area (Å²) in [6.07, 6.45) is 2.51. The van der Waals surface area contributed by atoms with Gasteiger partial charge >= 0.3 is 0 Å². The molecular formula is C16H22N4O. The molecule has 0 radical (unpaired) electrons. The van der Waals surface area contributed by atoms with E-state index in [1.165, 1.54) is 0 Å². The highest BCUT2D eigenvalue weighted by atomic mass is 16.2. The van der Waals surface area contributed by atoms with E-state index in [1.807, 2.05) is 49.0 Å².